The first kappa shape index (κ1) is 21.1. The number of rotatable bonds is 6. The van der Waals surface area contributed by atoms with E-state index in [1.54, 1.807) is 0 Å². The van der Waals surface area contributed by atoms with Gasteiger partial charge in [0.2, 0.25) is 5.91 Å². The molecule has 0 aliphatic rings. The smallest absolute Gasteiger partial charge is 0.347 e. The van der Waals surface area contributed by atoms with Crippen LogP contribution in [0.3, 0.4) is 0 Å². The Morgan fingerprint density at radius 1 is 0.920 bits per heavy atom. The molecule has 0 aliphatic heterocycles. The lowest BCUT2D eigenvalue weighted by Crippen LogP contribution is -2.67. The van der Waals surface area contributed by atoms with E-state index < -0.39 is 42.3 Å². The van der Waals surface area contributed by atoms with E-state index in [9.17, 15) is 44.3 Å². The molecule has 0 bridgehead atoms. The van der Waals surface area contributed by atoms with E-state index >= 15 is 0 Å². The van der Waals surface area contributed by atoms with Gasteiger partial charge in [0.25, 0.3) is 0 Å². The molecule has 142 valence electrons. The van der Waals surface area contributed by atoms with Crippen molar-refractivity contribution in [1.29, 1.82) is 0 Å². The van der Waals surface area contributed by atoms with E-state index in [-0.39, 0.29) is 5.56 Å². The molecule has 0 spiro atoms. The fourth-order valence-electron chi connectivity index (χ4n) is 1.97. The zero-order chi connectivity index (χ0) is 19.7. The molecule has 2 nitrogen and oxygen atoms in total. The summed E-state index contributed by atoms with van der Waals surface area (Å²) in [7, 11) is 0. The third kappa shape index (κ3) is 4.01. The Hall–Kier alpha value is -1.94. The maximum atomic E-state index is 14.0. The fourth-order valence-corrected chi connectivity index (χ4v) is 1.97. The summed E-state index contributed by atoms with van der Waals surface area (Å²) in [6.07, 6.45) is -8.00. The minimum Gasteiger partial charge on any atom is -0.347 e. The topological polar surface area (TPSA) is 29.1 Å². The first-order valence-corrected chi connectivity index (χ1v) is 6.65. The van der Waals surface area contributed by atoms with Gasteiger partial charge in [-0.3, -0.25) is 4.79 Å². The Balaban J connectivity index is 3.32. The molecule has 0 heterocycles. The summed E-state index contributed by atoms with van der Waals surface area (Å²) in [5, 5.41) is 1.33. The lowest BCUT2D eigenvalue weighted by molar-refractivity contribution is -0.399. The Labute approximate surface area is 136 Å². The van der Waals surface area contributed by atoms with Gasteiger partial charge < -0.3 is 5.32 Å². The van der Waals surface area contributed by atoms with Gasteiger partial charge in [-0.05, 0) is 12.0 Å². The van der Waals surface area contributed by atoms with E-state index in [0.29, 0.717) is 6.92 Å². The van der Waals surface area contributed by atoms with Gasteiger partial charge in [-0.2, -0.15) is 39.5 Å². The van der Waals surface area contributed by atoms with Crippen molar-refractivity contribution in [2.24, 2.45) is 0 Å². The van der Waals surface area contributed by atoms with Crippen LogP contribution < -0.4 is 5.32 Å². The molecule has 1 aromatic carbocycles. The first-order chi connectivity index (χ1) is 11.1. The van der Waals surface area contributed by atoms with Crippen molar-refractivity contribution >= 4 is 5.91 Å². The number of benzene rings is 1. The van der Waals surface area contributed by atoms with Crippen LogP contribution in [0, 0.1) is 0 Å². The lowest BCUT2D eigenvalue weighted by atomic mass is 9.92. The number of carbonyl (C=O) groups excluding carboxylic acids is 1. The number of hydrogen-bond acceptors (Lipinski definition) is 1. The van der Waals surface area contributed by atoms with Crippen LogP contribution in [-0.2, 0) is 11.2 Å². The SMILES string of the molecule is CC(=O)N[C@@H](Cc1ccccc1)C(F)(F)C(F)(F)C(F)(F)C(F)(F)F. The van der Waals surface area contributed by atoms with Crippen LogP contribution in [0.2, 0.25) is 0 Å². The van der Waals surface area contributed by atoms with Crippen molar-refractivity contribution in [3.8, 4) is 0 Å². The largest absolute Gasteiger partial charge is 0.460 e. The molecule has 0 saturated carbocycles. The number of nitrogens with one attached hydrogen (secondary N) is 1. The lowest BCUT2D eigenvalue weighted by Gasteiger charge is -2.37. The molecular weight excluding hydrogens is 369 g/mol. The maximum absolute atomic E-state index is 14.0. The summed E-state index contributed by atoms with van der Waals surface area (Å²) >= 11 is 0. The molecule has 0 aromatic heterocycles. The van der Waals surface area contributed by atoms with Gasteiger partial charge in [-0.15, -0.1) is 0 Å². The third-order valence-corrected chi connectivity index (χ3v) is 3.27. The normalized spacial score (nSPS) is 15.0. The average Bonchev–Trinajstić information content (AvgIpc) is 2.45. The molecule has 0 unspecified atom stereocenters. The second kappa shape index (κ2) is 6.75. The second-order valence-electron chi connectivity index (χ2n) is 5.21. The number of halogens is 9. The molecule has 1 N–H and O–H groups in total. The monoisotopic (exact) mass is 381 g/mol. The molecule has 25 heavy (non-hydrogen) atoms. The number of amides is 1. The molecule has 0 fully saturated rings. The van der Waals surface area contributed by atoms with Crippen LogP contribution in [0.4, 0.5) is 39.5 Å². The van der Waals surface area contributed by atoms with Crippen LogP contribution >= 0.6 is 0 Å². The van der Waals surface area contributed by atoms with Gasteiger partial charge in [0, 0.05) is 6.92 Å². The molecule has 0 radical (unpaired) electrons. The Morgan fingerprint density at radius 3 is 1.80 bits per heavy atom. The van der Waals surface area contributed by atoms with Gasteiger partial charge >= 0.3 is 23.9 Å². The van der Waals surface area contributed by atoms with Crippen molar-refractivity contribution in [1.82, 2.24) is 5.32 Å². The van der Waals surface area contributed by atoms with Crippen LogP contribution in [0.15, 0.2) is 30.3 Å². The highest BCUT2D eigenvalue weighted by Gasteiger charge is 2.83. The van der Waals surface area contributed by atoms with Crippen molar-refractivity contribution < 1.29 is 44.3 Å². The fraction of sp³-hybridized carbons (Fsp3) is 0.500. The predicted molar refractivity (Wildman–Crippen MR) is 68.6 cm³/mol. The number of hydrogen-bond donors (Lipinski definition) is 1. The predicted octanol–water partition coefficient (Wildman–Crippen LogP) is 4.20. The molecule has 1 amide bonds. The maximum Gasteiger partial charge on any atom is 0.460 e. The van der Waals surface area contributed by atoms with E-state index in [0.717, 1.165) is 12.1 Å². The van der Waals surface area contributed by atoms with Crippen molar-refractivity contribution in [3.05, 3.63) is 35.9 Å². The van der Waals surface area contributed by atoms with Gasteiger partial charge in [0.05, 0.1) is 0 Å². The van der Waals surface area contributed by atoms with Crippen molar-refractivity contribution in [2.45, 2.75) is 43.3 Å². The second-order valence-corrected chi connectivity index (χ2v) is 5.21. The summed E-state index contributed by atoms with van der Waals surface area (Å²) in [5.41, 5.74) is -0.0768. The highest BCUT2D eigenvalue weighted by molar-refractivity contribution is 5.73. The van der Waals surface area contributed by atoms with Gasteiger partial charge in [0.1, 0.15) is 6.04 Å². The van der Waals surface area contributed by atoms with Crippen LogP contribution in [0.1, 0.15) is 12.5 Å². The van der Waals surface area contributed by atoms with Crippen LogP contribution in [0.25, 0.3) is 0 Å². The molecule has 1 atom stereocenters. The van der Waals surface area contributed by atoms with E-state index in [1.165, 1.54) is 23.5 Å². The van der Waals surface area contributed by atoms with Gasteiger partial charge in [-0.1, -0.05) is 30.3 Å². The summed E-state index contributed by atoms with van der Waals surface area (Å²) < 4.78 is 117. The summed E-state index contributed by atoms with van der Waals surface area (Å²) in [5.74, 6) is -21.0. The summed E-state index contributed by atoms with van der Waals surface area (Å²) in [4.78, 5) is 11.0. The standard InChI is InChI=1S/C14H12F9NO/c1-8(25)24-10(7-9-5-3-2-4-6-9)11(15,16)12(17,18)13(19,20)14(21,22)23/h2-6,10H,7H2,1H3,(H,24,25)/t10-/m0/s1. The summed E-state index contributed by atoms with van der Waals surface area (Å²) in [6, 6.07) is 3.37. The van der Waals surface area contributed by atoms with Crippen molar-refractivity contribution in [2.75, 3.05) is 0 Å². The Morgan fingerprint density at radius 2 is 1.40 bits per heavy atom. The molecular formula is C14H12F9NO. The molecule has 1 aromatic rings. The highest BCUT2D eigenvalue weighted by atomic mass is 19.4. The first-order valence-electron chi connectivity index (χ1n) is 6.65. The molecule has 0 saturated heterocycles. The molecule has 0 aliphatic carbocycles. The van der Waals surface area contributed by atoms with Crippen LogP contribution in [0.5, 0.6) is 0 Å². The molecule has 11 heteroatoms. The Kier molecular flexibility index (Phi) is 5.70. The van der Waals surface area contributed by atoms with Gasteiger partial charge in [-0.25, -0.2) is 0 Å². The zero-order valence-corrected chi connectivity index (χ0v) is 12.5. The summed E-state index contributed by atoms with van der Waals surface area (Å²) in [6.45, 7) is 0.633. The van der Waals surface area contributed by atoms with E-state index in [2.05, 4.69) is 0 Å². The van der Waals surface area contributed by atoms with Crippen LogP contribution in [-0.4, -0.2) is 35.9 Å². The van der Waals surface area contributed by atoms with Gasteiger partial charge in [0.15, 0.2) is 0 Å². The third-order valence-electron chi connectivity index (χ3n) is 3.27. The minimum absolute atomic E-state index is 0.0768. The Bertz CT molecular complexity index is 598. The minimum atomic E-state index is -7.00. The van der Waals surface area contributed by atoms with Crippen molar-refractivity contribution in [3.63, 3.8) is 0 Å². The van der Waals surface area contributed by atoms with E-state index in [4.69, 9.17) is 0 Å². The zero-order valence-electron chi connectivity index (χ0n) is 12.5. The quantitative estimate of drug-likeness (QED) is 0.736. The highest BCUT2D eigenvalue weighted by Crippen LogP contribution is 2.54. The van der Waals surface area contributed by atoms with E-state index in [1.807, 2.05) is 0 Å². The molecule has 1 rings (SSSR count). The average molecular weight is 381 g/mol. The number of carbonyl (C=O) groups is 1. The number of alkyl halides is 9.